The monoisotopic (exact) mass is 353 g/mol. The Balaban J connectivity index is 1.55. The third-order valence-corrected chi connectivity index (χ3v) is 4.55. The van der Waals surface area contributed by atoms with E-state index >= 15 is 0 Å². The van der Waals surface area contributed by atoms with Crippen molar-refractivity contribution in [3.05, 3.63) is 89.9 Å². The Hall–Kier alpha value is -3.53. The van der Waals surface area contributed by atoms with Crippen molar-refractivity contribution in [3.8, 4) is 11.1 Å². The number of benzene rings is 2. The number of hydrogen-bond acceptors (Lipinski definition) is 3. The lowest BCUT2D eigenvalue weighted by Gasteiger charge is -2.09. The predicted molar refractivity (Wildman–Crippen MR) is 109 cm³/mol. The molecule has 27 heavy (non-hydrogen) atoms. The van der Waals surface area contributed by atoms with E-state index in [4.69, 9.17) is 0 Å². The maximum atomic E-state index is 12.6. The number of anilines is 1. The van der Waals surface area contributed by atoms with Crippen molar-refractivity contribution in [2.24, 2.45) is 0 Å². The quantitative estimate of drug-likeness (QED) is 0.553. The Morgan fingerprint density at radius 1 is 0.926 bits per heavy atom. The third-order valence-electron chi connectivity index (χ3n) is 4.55. The molecule has 0 radical (unpaired) electrons. The summed E-state index contributed by atoms with van der Waals surface area (Å²) in [5.74, 6) is -0.143. The molecule has 0 aliphatic rings. The minimum atomic E-state index is -0.143. The Kier molecular flexibility index (Phi) is 4.38. The molecule has 0 spiro atoms. The maximum absolute atomic E-state index is 12.6. The summed E-state index contributed by atoms with van der Waals surface area (Å²) in [7, 11) is 0. The second-order valence-corrected chi connectivity index (χ2v) is 6.53. The van der Waals surface area contributed by atoms with Gasteiger partial charge in [0.05, 0.1) is 5.52 Å². The highest BCUT2D eigenvalue weighted by molar-refractivity contribution is 6.05. The van der Waals surface area contributed by atoms with Crippen LogP contribution in [-0.2, 0) is 0 Å². The molecule has 0 saturated carbocycles. The zero-order valence-corrected chi connectivity index (χ0v) is 15.2. The van der Waals surface area contributed by atoms with Gasteiger partial charge in [-0.3, -0.25) is 14.8 Å². The molecule has 0 aliphatic heterocycles. The molecule has 4 aromatic rings. The van der Waals surface area contributed by atoms with Crippen LogP contribution in [0.5, 0.6) is 0 Å². The van der Waals surface area contributed by atoms with E-state index in [0.717, 1.165) is 39.1 Å². The molecule has 2 heterocycles. The molecule has 0 unspecified atom stereocenters. The number of amides is 1. The molecule has 132 valence electrons. The van der Waals surface area contributed by atoms with Crippen LogP contribution in [0.2, 0.25) is 0 Å². The molecule has 0 bridgehead atoms. The number of pyridine rings is 2. The van der Waals surface area contributed by atoms with Gasteiger partial charge in [0.25, 0.3) is 5.91 Å². The third kappa shape index (κ3) is 3.55. The topological polar surface area (TPSA) is 54.9 Å². The predicted octanol–water partition coefficient (Wildman–Crippen LogP) is 5.17. The van der Waals surface area contributed by atoms with Gasteiger partial charge in [-0.2, -0.15) is 0 Å². The molecule has 4 nitrogen and oxygen atoms in total. The molecular formula is C23H19N3O. The molecule has 2 aromatic heterocycles. The van der Waals surface area contributed by atoms with Crippen molar-refractivity contribution in [1.82, 2.24) is 9.97 Å². The Morgan fingerprint density at radius 3 is 2.52 bits per heavy atom. The minimum Gasteiger partial charge on any atom is -0.322 e. The number of aromatic nitrogens is 2. The molecule has 0 aliphatic carbocycles. The van der Waals surface area contributed by atoms with E-state index in [1.54, 1.807) is 6.20 Å². The average Bonchev–Trinajstić information content (AvgIpc) is 2.68. The molecule has 0 fully saturated rings. The summed E-state index contributed by atoms with van der Waals surface area (Å²) >= 11 is 0. The number of aryl methyl sites for hydroxylation is 2. The zero-order valence-electron chi connectivity index (χ0n) is 15.2. The van der Waals surface area contributed by atoms with Crippen LogP contribution in [0, 0.1) is 13.8 Å². The first-order chi connectivity index (χ1) is 13.1. The van der Waals surface area contributed by atoms with Gasteiger partial charge in [0.1, 0.15) is 0 Å². The van der Waals surface area contributed by atoms with Gasteiger partial charge < -0.3 is 5.32 Å². The zero-order chi connectivity index (χ0) is 18.8. The first-order valence-electron chi connectivity index (χ1n) is 8.81. The molecule has 0 saturated heterocycles. The van der Waals surface area contributed by atoms with Crippen LogP contribution in [0.3, 0.4) is 0 Å². The van der Waals surface area contributed by atoms with E-state index in [1.807, 2.05) is 74.5 Å². The number of nitrogens with zero attached hydrogens (tertiary/aromatic N) is 2. The summed E-state index contributed by atoms with van der Waals surface area (Å²) in [5.41, 5.74) is 6.30. The molecule has 4 rings (SSSR count). The lowest BCUT2D eigenvalue weighted by Crippen LogP contribution is -2.11. The molecule has 2 aromatic carbocycles. The van der Waals surface area contributed by atoms with Gasteiger partial charge in [0.15, 0.2) is 0 Å². The lowest BCUT2D eigenvalue weighted by atomic mass is 10.0. The van der Waals surface area contributed by atoms with Crippen LogP contribution >= 0.6 is 0 Å². The van der Waals surface area contributed by atoms with Crippen molar-refractivity contribution in [2.45, 2.75) is 13.8 Å². The van der Waals surface area contributed by atoms with Crippen molar-refractivity contribution < 1.29 is 4.79 Å². The fourth-order valence-corrected chi connectivity index (χ4v) is 3.14. The fraction of sp³-hybridized carbons (Fsp3) is 0.0870. The standard InChI is InChI=1S/C23H19N3O/c1-15-5-12-21(16(2)25-15)17-6-8-19(9-7-17)23(27)26-20-11-10-18-4-3-13-24-22(18)14-20/h3-14H,1-2H3,(H,26,27). The normalized spacial score (nSPS) is 10.7. The molecule has 1 amide bonds. The number of hydrogen-bond donors (Lipinski definition) is 1. The average molecular weight is 353 g/mol. The fourth-order valence-electron chi connectivity index (χ4n) is 3.14. The number of carbonyl (C=O) groups is 1. The molecule has 0 atom stereocenters. The second kappa shape index (κ2) is 7.00. The summed E-state index contributed by atoms with van der Waals surface area (Å²) in [6.07, 6.45) is 1.74. The highest BCUT2D eigenvalue weighted by atomic mass is 16.1. The second-order valence-electron chi connectivity index (χ2n) is 6.53. The summed E-state index contributed by atoms with van der Waals surface area (Å²) in [6, 6.07) is 21.3. The first-order valence-corrected chi connectivity index (χ1v) is 8.81. The molecular weight excluding hydrogens is 334 g/mol. The van der Waals surface area contributed by atoms with Gasteiger partial charge in [-0.05, 0) is 55.8 Å². The first kappa shape index (κ1) is 16.9. The molecule has 1 N–H and O–H groups in total. The van der Waals surface area contributed by atoms with Gasteiger partial charge in [0.2, 0.25) is 0 Å². The Morgan fingerprint density at radius 2 is 1.74 bits per heavy atom. The van der Waals surface area contributed by atoms with E-state index < -0.39 is 0 Å². The van der Waals surface area contributed by atoms with Crippen molar-refractivity contribution in [2.75, 3.05) is 5.32 Å². The van der Waals surface area contributed by atoms with E-state index in [2.05, 4.69) is 21.4 Å². The summed E-state index contributed by atoms with van der Waals surface area (Å²) < 4.78 is 0. The van der Waals surface area contributed by atoms with Crippen molar-refractivity contribution in [1.29, 1.82) is 0 Å². The summed E-state index contributed by atoms with van der Waals surface area (Å²) in [4.78, 5) is 21.4. The van der Waals surface area contributed by atoms with Crippen LogP contribution in [0.4, 0.5) is 5.69 Å². The van der Waals surface area contributed by atoms with E-state index in [1.165, 1.54) is 0 Å². The van der Waals surface area contributed by atoms with Crippen LogP contribution in [0.1, 0.15) is 21.7 Å². The highest BCUT2D eigenvalue weighted by Crippen LogP contribution is 2.23. The van der Waals surface area contributed by atoms with Gasteiger partial charge in [0, 0.05) is 39.8 Å². The van der Waals surface area contributed by atoms with Crippen molar-refractivity contribution in [3.63, 3.8) is 0 Å². The summed E-state index contributed by atoms with van der Waals surface area (Å²) in [5, 5.41) is 3.98. The lowest BCUT2D eigenvalue weighted by molar-refractivity contribution is 0.102. The number of carbonyl (C=O) groups excluding carboxylic acids is 1. The number of nitrogens with one attached hydrogen (secondary N) is 1. The van der Waals surface area contributed by atoms with Crippen LogP contribution in [-0.4, -0.2) is 15.9 Å². The summed E-state index contributed by atoms with van der Waals surface area (Å²) in [6.45, 7) is 3.98. The molecule has 4 heteroatoms. The van der Waals surface area contributed by atoms with E-state index in [0.29, 0.717) is 5.56 Å². The number of fused-ring (bicyclic) bond motifs is 1. The van der Waals surface area contributed by atoms with E-state index in [-0.39, 0.29) is 5.91 Å². The highest BCUT2D eigenvalue weighted by Gasteiger charge is 2.09. The van der Waals surface area contributed by atoms with E-state index in [9.17, 15) is 4.79 Å². The maximum Gasteiger partial charge on any atom is 0.255 e. The SMILES string of the molecule is Cc1ccc(-c2ccc(C(=O)Nc3ccc4cccnc4c3)cc2)c(C)n1. The van der Waals surface area contributed by atoms with Crippen molar-refractivity contribution >= 4 is 22.5 Å². The largest absolute Gasteiger partial charge is 0.322 e. The van der Waals surface area contributed by atoms with Crippen LogP contribution in [0.15, 0.2) is 72.9 Å². The smallest absolute Gasteiger partial charge is 0.255 e. The Bertz CT molecular complexity index is 1130. The van der Waals surface area contributed by atoms with Gasteiger partial charge in [-0.15, -0.1) is 0 Å². The van der Waals surface area contributed by atoms with Crippen LogP contribution < -0.4 is 5.32 Å². The number of rotatable bonds is 3. The van der Waals surface area contributed by atoms with Gasteiger partial charge in [-0.1, -0.05) is 30.3 Å². The minimum absolute atomic E-state index is 0.143. The van der Waals surface area contributed by atoms with Crippen LogP contribution in [0.25, 0.3) is 22.0 Å². The Labute approximate surface area is 157 Å². The van der Waals surface area contributed by atoms with Gasteiger partial charge >= 0.3 is 0 Å². The van der Waals surface area contributed by atoms with Gasteiger partial charge in [-0.25, -0.2) is 0 Å².